The van der Waals surface area contributed by atoms with E-state index in [2.05, 4.69) is 15.2 Å². The van der Waals surface area contributed by atoms with E-state index in [0.717, 1.165) is 36.1 Å². The van der Waals surface area contributed by atoms with Gasteiger partial charge >= 0.3 is 6.09 Å². The Hall–Kier alpha value is -2.48. The molecule has 2 heterocycles. The first-order chi connectivity index (χ1) is 14.6. The van der Waals surface area contributed by atoms with Crippen LogP contribution >= 0.6 is 22.9 Å². The lowest BCUT2D eigenvalue weighted by molar-refractivity contribution is 0.0813. The van der Waals surface area contributed by atoms with Crippen molar-refractivity contribution in [3.63, 3.8) is 0 Å². The van der Waals surface area contributed by atoms with Crippen LogP contribution in [-0.4, -0.2) is 48.0 Å². The number of Topliss-reactive ketones (excluding diaryl/α,β-unsaturated/α-hetero) is 1. The first-order valence-corrected chi connectivity index (χ1v) is 11.1. The molecule has 0 aliphatic carbocycles. The van der Waals surface area contributed by atoms with Crippen LogP contribution in [-0.2, 0) is 4.74 Å². The largest absolute Gasteiger partial charge is 0.448 e. The van der Waals surface area contributed by atoms with Crippen molar-refractivity contribution in [2.75, 3.05) is 31.6 Å². The maximum absolute atomic E-state index is 12.6. The number of aromatic nitrogens is 1. The van der Waals surface area contributed by atoms with Crippen LogP contribution in [0.25, 0.3) is 10.2 Å². The molecule has 1 amide bonds. The third-order valence-corrected chi connectivity index (χ3v) is 6.37. The Bertz CT molecular complexity index is 1030. The fourth-order valence-electron chi connectivity index (χ4n) is 3.63. The van der Waals surface area contributed by atoms with Gasteiger partial charge in [0.2, 0.25) is 0 Å². The summed E-state index contributed by atoms with van der Waals surface area (Å²) in [5.41, 5.74) is 4.02. The smallest absolute Gasteiger partial charge is 0.411 e. The summed E-state index contributed by atoms with van der Waals surface area (Å²) in [5, 5.41) is 3.37. The maximum Gasteiger partial charge on any atom is 0.411 e. The molecule has 1 aliphatic heterocycles. The third-order valence-electron chi connectivity index (χ3n) is 5.30. The molecular weight excluding hydrogens is 422 g/mol. The second-order valence-electron chi connectivity index (χ2n) is 7.28. The number of fused-ring (bicyclic) bond motifs is 1. The number of thiazole rings is 1. The first-order valence-electron chi connectivity index (χ1n) is 9.87. The number of piperidine rings is 1. The summed E-state index contributed by atoms with van der Waals surface area (Å²) in [6.45, 7) is 2.59. The van der Waals surface area contributed by atoms with Crippen LogP contribution in [0.1, 0.15) is 23.2 Å². The lowest BCUT2D eigenvalue weighted by atomic mass is 9.89. The predicted octanol–water partition coefficient (Wildman–Crippen LogP) is 5.09. The Labute approximate surface area is 183 Å². The Morgan fingerprint density at radius 2 is 1.93 bits per heavy atom. The van der Waals surface area contributed by atoms with Gasteiger partial charge in [-0.15, -0.1) is 11.3 Å². The average Bonchev–Trinajstić information content (AvgIpc) is 3.22. The fourth-order valence-corrected chi connectivity index (χ4v) is 4.41. The van der Waals surface area contributed by atoms with Gasteiger partial charge in [-0.05, 0) is 68.4 Å². The van der Waals surface area contributed by atoms with Gasteiger partial charge in [0.15, 0.2) is 5.78 Å². The molecule has 0 atom stereocenters. The molecular formula is C22H22ClN3O3S. The number of amides is 1. The molecule has 1 saturated heterocycles. The number of likely N-dealkylation sites (tertiary alicyclic amines) is 1. The highest BCUT2D eigenvalue weighted by Crippen LogP contribution is 2.23. The zero-order chi connectivity index (χ0) is 20.9. The van der Waals surface area contributed by atoms with Crippen molar-refractivity contribution in [3.05, 3.63) is 58.6 Å². The summed E-state index contributed by atoms with van der Waals surface area (Å²) in [6.07, 6.45) is 1.14. The Kier molecular flexibility index (Phi) is 6.62. The minimum Gasteiger partial charge on any atom is -0.448 e. The number of hydrogen-bond donors (Lipinski definition) is 1. The van der Waals surface area contributed by atoms with Gasteiger partial charge in [0.25, 0.3) is 0 Å². The number of nitrogens with one attached hydrogen (secondary N) is 1. The number of hydrogen-bond acceptors (Lipinski definition) is 6. The SMILES string of the molecule is O=C(Nc1ccc2scnc2c1)OCCN1CCC(C(=O)c2ccc(Cl)cc2)CC1. The van der Waals surface area contributed by atoms with Crippen LogP contribution in [0.15, 0.2) is 48.0 Å². The molecule has 6 nitrogen and oxygen atoms in total. The van der Waals surface area contributed by atoms with Crippen LogP contribution in [0.5, 0.6) is 0 Å². The summed E-state index contributed by atoms with van der Waals surface area (Å²) in [4.78, 5) is 31.1. The first kappa shape index (κ1) is 20.8. The molecule has 0 saturated carbocycles. The van der Waals surface area contributed by atoms with E-state index in [1.54, 1.807) is 41.1 Å². The number of rotatable bonds is 6. The molecule has 0 radical (unpaired) electrons. The molecule has 1 fully saturated rings. The number of ketones is 1. The molecule has 2 aromatic carbocycles. The van der Waals surface area contributed by atoms with Gasteiger partial charge in [-0.1, -0.05) is 11.6 Å². The fraction of sp³-hybridized carbons (Fsp3) is 0.318. The second kappa shape index (κ2) is 9.55. The van der Waals surface area contributed by atoms with E-state index >= 15 is 0 Å². The minimum atomic E-state index is -0.475. The maximum atomic E-state index is 12.6. The molecule has 0 spiro atoms. The van der Waals surface area contributed by atoms with Crippen molar-refractivity contribution in [2.24, 2.45) is 5.92 Å². The van der Waals surface area contributed by atoms with Crippen molar-refractivity contribution in [2.45, 2.75) is 12.8 Å². The van der Waals surface area contributed by atoms with Gasteiger partial charge in [-0.3, -0.25) is 15.0 Å². The van der Waals surface area contributed by atoms with Gasteiger partial charge in [0.05, 0.1) is 15.7 Å². The molecule has 0 unspecified atom stereocenters. The molecule has 0 bridgehead atoms. The molecule has 156 valence electrons. The molecule has 30 heavy (non-hydrogen) atoms. The molecule has 3 aromatic rings. The average molecular weight is 444 g/mol. The Morgan fingerprint density at radius 3 is 2.70 bits per heavy atom. The van der Waals surface area contributed by atoms with Gasteiger partial charge in [0, 0.05) is 28.7 Å². The molecule has 8 heteroatoms. The molecule has 1 aliphatic rings. The standard InChI is InChI=1S/C22H22ClN3O3S/c23-17-3-1-15(2-4-17)21(27)16-7-9-26(10-8-16)11-12-29-22(28)25-18-5-6-20-19(13-18)24-14-30-20/h1-6,13-14,16H,7-12H2,(H,25,28). The summed E-state index contributed by atoms with van der Waals surface area (Å²) in [5.74, 6) is 0.214. The van der Waals surface area contributed by atoms with Crippen LogP contribution < -0.4 is 5.32 Å². The lowest BCUT2D eigenvalue weighted by Crippen LogP contribution is -2.38. The summed E-state index contributed by atoms with van der Waals surface area (Å²) in [7, 11) is 0. The third kappa shape index (κ3) is 5.16. The number of carbonyl (C=O) groups is 2. The number of ether oxygens (including phenoxy) is 1. The van der Waals surface area contributed by atoms with Crippen LogP contribution in [0.2, 0.25) is 5.02 Å². The van der Waals surface area contributed by atoms with Crippen molar-refractivity contribution >= 4 is 50.7 Å². The predicted molar refractivity (Wildman–Crippen MR) is 120 cm³/mol. The Morgan fingerprint density at radius 1 is 1.17 bits per heavy atom. The van der Waals surface area contributed by atoms with Crippen molar-refractivity contribution < 1.29 is 14.3 Å². The minimum absolute atomic E-state index is 0.0345. The van der Waals surface area contributed by atoms with Crippen LogP contribution in [0.4, 0.5) is 10.5 Å². The Balaban J connectivity index is 1.18. The van der Waals surface area contributed by atoms with E-state index in [1.165, 1.54) is 0 Å². The van der Waals surface area contributed by atoms with Crippen molar-refractivity contribution in [1.82, 2.24) is 9.88 Å². The lowest BCUT2D eigenvalue weighted by Gasteiger charge is -2.31. The highest BCUT2D eigenvalue weighted by Gasteiger charge is 2.25. The molecule has 4 rings (SSSR count). The second-order valence-corrected chi connectivity index (χ2v) is 8.61. The monoisotopic (exact) mass is 443 g/mol. The van der Waals surface area contributed by atoms with E-state index in [4.69, 9.17) is 16.3 Å². The van der Waals surface area contributed by atoms with Gasteiger partial charge in [-0.2, -0.15) is 0 Å². The van der Waals surface area contributed by atoms with E-state index < -0.39 is 6.09 Å². The van der Waals surface area contributed by atoms with Gasteiger partial charge in [0.1, 0.15) is 6.61 Å². The number of benzene rings is 2. The van der Waals surface area contributed by atoms with Crippen molar-refractivity contribution in [1.29, 1.82) is 0 Å². The van der Waals surface area contributed by atoms with Gasteiger partial charge in [-0.25, -0.2) is 9.78 Å². The van der Waals surface area contributed by atoms with Crippen molar-refractivity contribution in [3.8, 4) is 0 Å². The van der Waals surface area contributed by atoms with Gasteiger partial charge < -0.3 is 4.74 Å². The highest BCUT2D eigenvalue weighted by molar-refractivity contribution is 7.16. The normalized spacial score (nSPS) is 15.2. The topological polar surface area (TPSA) is 71.5 Å². The highest BCUT2D eigenvalue weighted by atomic mass is 35.5. The van der Waals surface area contributed by atoms with E-state index in [0.29, 0.717) is 29.4 Å². The summed E-state index contributed by atoms with van der Waals surface area (Å²) < 4.78 is 6.38. The zero-order valence-electron chi connectivity index (χ0n) is 16.3. The summed E-state index contributed by atoms with van der Waals surface area (Å²) in [6, 6.07) is 12.7. The number of nitrogens with zero attached hydrogens (tertiary/aromatic N) is 2. The number of halogens is 1. The molecule has 1 aromatic heterocycles. The molecule has 1 N–H and O–H groups in total. The van der Waals surface area contributed by atoms with Crippen LogP contribution in [0.3, 0.4) is 0 Å². The van der Waals surface area contributed by atoms with Crippen LogP contribution in [0, 0.1) is 5.92 Å². The van der Waals surface area contributed by atoms with E-state index in [9.17, 15) is 9.59 Å². The van der Waals surface area contributed by atoms with E-state index in [1.807, 2.05) is 18.2 Å². The number of anilines is 1. The zero-order valence-corrected chi connectivity index (χ0v) is 17.9. The summed E-state index contributed by atoms with van der Waals surface area (Å²) >= 11 is 7.45. The quantitative estimate of drug-likeness (QED) is 0.537. The number of carbonyl (C=O) groups excluding carboxylic acids is 2. The van der Waals surface area contributed by atoms with E-state index in [-0.39, 0.29) is 11.7 Å².